The highest BCUT2D eigenvalue weighted by Gasteiger charge is 2.27. The Morgan fingerprint density at radius 2 is 1.07 bits per heavy atom. The molecule has 0 aromatic rings. The normalized spacial score (nSPS) is 14.6. The summed E-state index contributed by atoms with van der Waals surface area (Å²) < 4.78 is 33.3. The number of carbonyl (C=O) groups excluding carboxylic acids is 1. The second-order valence-electron chi connectivity index (χ2n) is 13.7. The predicted molar refractivity (Wildman–Crippen MR) is 221 cm³/mol. The monoisotopic (exact) mass is 782 g/mol. The minimum Gasteiger partial charge on any atom is -0.480 e. The van der Waals surface area contributed by atoms with Crippen LogP contribution in [0.4, 0.5) is 0 Å². The number of hydrogen-bond donors (Lipinski definition) is 3. The highest BCUT2D eigenvalue weighted by atomic mass is 31.2. The van der Waals surface area contributed by atoms with Gasteiger partial charge in [-0.3, -0.25) is 18.6 Å². The highest BCUT2D eigenvalue weighted by Crippen LogP contribution is 2.43. The van der Waals surface area contributed by atoms with E-state index in [4.69, 9.17) is 29.4 Å². The number of allylic oxidation sites excluding steroid dienone is 10. The molecule has 0 aliphatic rings. The van der Waals surface area contributed by atoms with Crippen molar-refractivity contribution < 1.29 is 42.7 Å². The number of carbonyl (C=O) groups is 2. The summed E-state index contributed by atoms with van der Waals surface area (Å²) in [5.74, 6) is -1.80. The molecule has 0 heterocycles. The molecule has 0 bridgehead atoms. The first-order valence-corrected chi connectivity index (χ1v) is 22.3. The van der Waals surface area contributed by atoms with Gasteiger partial charge in [0.1, 0.15) is 12.1 Å². The molecule has 312 valence electrons. The third-order valence-corrected chi connectivity index (χ3v) is 9.48. The third kappa shape index (κ3) is 38.0. The molecular weight excluding hydrogens is 705 g/mol. The van der Waals surface area contributed by atoms with Crippen molar-refractivity contribution in [2.45, 2.75) is 174 Å². The quantitative estimate of drug-likeness (QED) is 0.0237. The Kier molecular flexibility index (Phi) is 37.2. The van der Waals surface area contributed by atoms with Crippen LogP contribution < -0.4 is 5.73 Å². The van der Waals surface area contributed by atoms with Crippen LogP contribution in [0.2, 0.25) is 0 Å². The van der Waals surface area contributed by atoms with E-state index in [-0.39, 0.29) is 13.0 Å². The van der Waals surface area contributed by atoms with Crippen LogP contribution in [0.15, 0.2) is 60.8 Å². The van der Waals surface area contributed by atoms with Gasteiger partial charge in [-0.15, -0.1) is 0 Å². The minimum absolute atomic E-state index is 0.00344. The number of aliphatic carboxylic acids is 1. The molecular formula is C43H76NO9P. The molecule has 0 aliphatic heterocycles. The fraction of sp³-hybridized carbons (Fsp3) is 0.721. The molecule has 0 aromatic heterocycles. The van der Waals surface area contributed by atoms with Crippen LogP contribution in [0.5, 0.6) is 0 Å². The van der Waals surface area contributed by atoms with Crippen molar-refractivity contribution in [2.24, 2.45) is 5.73 Å². The number of rotatable bonds is 39. The largest absolute Gasteiger partial charge is 0.480 e. The van der Waals surface area contributed by atoms with Gasteiger partial charge < -0.3 is 25.2 Å². The van der Waals surface area contributed by atoms with E-state index in [9.17, 15) is 19.0 Å². The average Bonchev–Trinajstić information content (AvgIpc) is 3.15. The lowest BCUT2D eigenvalue weighted by molar-refractivity contribution is -0.154. The van der Waals surface area contributed by atoms with E-state index in [1.54, 1.807) is 0 Å². The molecule has 0 saturated heterocycles. The van der Waals surface area contributed by atoms with Crippen molar-refractivity contribution in [3.8, 4) is 0 Å². The standard InChI is InChI=1S/C43H76NO9P/c1-3-5-7-9-11-13-15-17-19-20-21-22-24-26-28-30-32-34-36-50-37-40(38-51-54(48,49)52-39-41(44)43(46)47)53-42(45)35-33-31-29-27-25-23-18-16-14-12-10-8-6-4-2/h5,7,10-13,16-19,40-41H,3-4,6,8-9,14-15,20-39,44H2,1-2H3,(H,46,47)(H,48,49)/b7-5-,12-10-,13-11-,18-16-,19-17-. The summed E-state index contributed by atoms with van der Waals surface area (Å²) in [7, 11) is -4.62. The van der Waals surface area contributed by atoms with Crippen molar-refractivity contribution in [3.05, 3.63) is 60.8 Å². The summed E-state index contributed by atoms with van der Waals surface area (Å²) >= 11 is 0. The maximum Gasteiger partial charge on any atom is 0.472 e. The smallest absolute Gasteiger partial charge is 0.472 e. The fourth-order valence-electron chi connectivity index (χ4n) is 5.28. The first kappa shape index (κ1) is 51.7. The van der Waals surface area contributed by atoms with E-state index in [1.165, 1.54) is 44.9 Å². The molecule has 0 radical (unpaired) electrons. The van der Waals surface area contributed by atoms with Crippen molar-refractivity contribution in [1.29, 1.82) is 0 Å². The number of carboxylic acids is 1. The van der Waals surface area contributed by atoms with E-state index in [1.807, 2.05) is 0 Å². The number of phosphoric acid groups is 1. The SMILES string of the molecule is CC/C=C\C/C=C\C/C=C\CCCCCCCCCCOCC(COP(=O)(O)OCC(N)C(=O)O)OC(=O)CCCCCCC/C=C\C/C=C\CCCC. The molecule has 0 fully saturated rings. The summed E-state index contributed by atoms with van der Waals surface area (Å²) in [5, 5.41) is 8.88. The van der Waals surface area contributed by atoms with Crippen LogP contribution >= 0.6 is 7.82 Å². The van der Waals surface area contributed by atoms with Crippen LogP contribution in [-0.2, 0) is 32.7 Å². The van der Waals surface area contributed by atoms with Gasteiger partial charge in [-0.1, -0.05) is 145 Å². The van der Waals surface area contributed by atoms with Crippen molar-refractivity contribution in [3.63, 3.8) is 0 Å². The number of carboxylic acid groups (broad SMARTS) is 1. The van der Waals surface area contributed by atoms with Crippen LogP contribution in [0.1, 0.15) is 162 Å². The molecule has 3 atom stereocenters. The van der Waals surface area contributed by atoms with Gasteiger partial charge in [0, 0.05) is 13.0 Å². The molecule has 4 N–H and O–H groups in total. The van der Waals surface area contributed by atoms with Gasteiger partial charge in [0.25, 0.3) is 0 Å². The van der Waals surface area contributed by atoms with E-state index < -0.39 is 45.1 Å². The van der Waals surface area contributed by atoms with Gasteiger partial charge in [-0.25, -0.2) is 4.57 Å². The number of nitrogens with two attached hydrogens (primary N) is 1. The molecule has 0 aromatic carbocycles. The van der Waals surface area contributed by atoms with E-state index in [0.717, 1.165) is 89.9 Å². The first-order valence-electron chi connectivity index (χ1n) is 20.8. The lowest BCUT2D eigenvalue weighted by Gasteiger charge is -2.20. The van der Waals surface area contributed by atoms with Gasteiger partial charge in [-0.05, 0) is 70.6 Å². The average molecular weight is 782 g/mol. The second kappa shape index (κ2) is 38.9. The summed E-state index contributed by atoms with van der Waals surface area (Å²) in [6.45, 7) is 3.68. The maximum absolute atomic E-state index is 12.6. The van der Waals surface area contributed by atoms with Crippen LogP contribution in [0, 0.1) is 0 Å². The topological polar surface area (TPSA) is 155 Å². The van der Waals surface area contributed by atoms with E-state index >= 15 is 0 Å². The Morgan fingerprint density at radius 3 is 1.61 bits per heavy atom. The maximum atomic E-state index is 12.6. The van der Waals surface area contributed by atoms with E-state index in [0.29, 0.717) is 13.0 Å². The zero-order valence-electron chi connectivity index (χ0n) is 33.8. The Bertz CT molecular complexity index is 1090. The first-order chi connectivity index (χ1) is 26.2. The summed E-state index contributed by atoms with van der Waals surface area (Å²) in [5.41, 5.74) is 5.35. The number of esters is 1. The number of unbranched alkanes of at least 4 members (excludes halogenated alkanes) is 15. The third-order valence-electron chi connectivity index (χ3n) is 8.53. The summed E-state index contributed by atoms with van der Waals surface area (Å²) in [4.78, 5) is 33.5. The molecule has 0 aliphatic carbocycles. The lowest BCUT2D eigenvalue weighted by Crippen LogP contribution is -2.34. The molecule has 10 nitrogen and oxygen atoms in total. The summed E-state index contributed by atoms with van der Waals surface area (Å²) in [6, 6.07) is -1.48. The van der Waals surface area contributed by atoms with Gasteiger partial charge >= 0.3 is 19.8 Å². The predicted octanol–water partition coefficient (Wildman–Crippen LogP) is 11.3. The van der Waals surface area contributed by atoms with E-state index in [2.05, 4.69) is 74.6 Å². The molecule has 3 unspecified atom stereocenters. The van der Waals surface area contributed by atoms with Crippen molar-refractivity contribution in [2.75, 3.05) is 26.4 Å². The molecule has 11 heteroatoms. The van der Waals surface area contributed by atoms with Crippen molar-refractivity contribution >= 4 is 19.8 Å². The molecule has 54 heavy (non-hydrogen) atoms. The lowest BCUT2D eigenvalue weighted by atomic mass is 10.1. The number of ether oxygens (including phenoxy) is 2. The zero-order valence-corrected chi connectivity index (χ0v) is 34.7. The van der Waals surface area contributed by atoms with Crippen LogP contribution in [0.3, 0.4) is 0 Å². The van der Waals surface area contributed by atoms with Gasteiger partial charge in [0.2, 0.25) is 0 Å². The highest BCUT2D eigenvalue weighted by molar-refractivity contribution is 7.47. The second-order valence-corrected chi connectivity index (χ2v) is 15.2. The van der Waals surface area contributed by atoms with Crippen molar-refractivity contribution in [1.82, 2.24) is 0 Å². The Balaban J connectivity index is 4.29. The number of hydrogen-bond acceptors (Lipinski definition) is 8. The van der Waals surface area contributed by atoms with Gasteiger partial charge in [0.15, 0.2) is 0 Å². The Hall–Kier alpha value is -2.33. The van der Waals surface area contributed by atoms with Gasteiger partial charge in [0.05, 0.1) is 19.8 Å². The Morgan fingerprint density at radius 1 is 0.611 bits per heavy atom. The minimum atomic E-state index is -4.62. The number of phosphoric ester groups is 1. The molecule has 0 rings (SSSR count). The summed E-state index contributed by atoms with van der Waals surface area (Å²) in [6.07, 6.45) is 45.5. The zero-order chi connectivity index (χ0) is 39.8. The molecule has 0 amide bonds. The van der Waals surface area contributed by atoms with Gasteiger partial charge in [-0.2, -0.15) is 0 Å². The molecule has 0 saturated carbocycles. The van der Waals surface area contributed by atoms with Crippen LogP contribution in [-0.4, -0.2) is 60.5 Å². The fourth-order valence-corrected chi connectivity index (χ4v) is 6.06. The Labute approximate surface area is 328 Å². The van der Waals surface area contributed by atoms with Crippen LogP contribution in [0.25, 0.3) is 0 Å². The molecule has 0 spiro atoms.